The Balaban J connectivity index is 1.64. The molecular weight excluding hydrogens is 560 g/mol. The Morgan fingerprint density at radius 2 is 1.77 bits per heavy atom. The molecule has 0 saturated heterocycles. The van der Waals surface area contributed by atoms with Crippen LogP contribution in [0.25, 0.3) is 6.08 Å². The van der Waals surface area contributed by atoms with Crippen LogP contribution in [0.3, 0.4) is 0 Å². The summed E-state index contributed by atoms with van der Waals surface area (Å²) in [7, 11) is 1.35. The number of nitrogens with zero attached hydrogens (tertiary/aromatic N) is 2. The van der Waals surface area contributed by atoms with Crippen molar-refractivity contribution in [2.75, 3.05) is 13.7 Å². The number of carbonyl (C=O) groups is 1. The summed E-state index contributed by atoms with van der Waals surface area (Å²) >= 11 is 1.30. The number of rotatable bonds is 11. The predicted octanol–water partition coefficient (Wildman–Crippen LogP) is 5.50. The van der Waals surface area contributed by atoms with Crippen LogP contribution in [0.4, 0.5) is 0 Å². The van der Waals surface area contributed by atoms with Crippen LogP contribution in [-0.2, 0) is 22.6 Å². The molecule has 0 unspecified atom stereocenters. The SMILES string of the molecule is C=CCc1cc(/C=c2\sc3n(c2=O)[C@H](c2ccccc2)C(C(=O)OC)=C(CC)N=3)cc(OCC)c1OCc1ccccc1. The van der Waals surface area contributed by atoms with Gasteiger partial charge in [-0.3, -0.25) is 9.36 Å². The summed E-state index contributed by atoms with van der Waals surface area (Å²) in [6, 6.07) is 22.7. The van der Waals surface area contributed by atoms with E-state index in [4.69, 9.17) is 19.2 Å². The highest BCUT2D eigenvalue weighted by Gasteiger charge is 2.33. The molecule has 7 nitrogen and oxygen atoms in total. The molecule has 5 rings (SSSR count). The minimum atomic E-state index is -0.647. The number of hydrogen-bond donors (Lipinski definition) is 0. The fourth-order valence-corrected chi connectivity index (χ4v) is 6.22. The van der Waals surface area contributed by atoms with Gasteiger partial charge in [-0.2, -0.15) is 0 Å². The lowest BCUT2D eigenvalue weighted by atomic mass is 9.95. The highest BCUT2D eigenvalue weighted by atomic mass is 32.1. The van der Waals surface area contributed by atoms with E-state index in [2.05, 4.69) is 6.58 Å². The van der Waals surface area contributed by atoms with E-state index in [0.29, 0.717) is 58.2 Å². The zero-order valence-electron chi connectivity index (χ0n) is 24.5. The largest absolute Gasteiger partial charge is 0.490 e. The van der Waals surface area contributed by atoms with Crippen LogP contribution in [0.1, 0.15) is 48.6 Å². The molecule has 0 spiro atoms. The molecule has 1 atom stereocenters. The first-order chi connectivity index (χ1) is 21.0. The van der Waals surface area contributed by atoms with Crippen LogP contribution in [0.15, 0.2) is 107 Å². The van der Waals surface area contributed by atoms with E-state index in [9.17, 15) is 9.59 Å². The van der Waals surface area contributed by atoms with Gasteiger partial charge < -0.3 is 14.2 Å². The van der Waals surface area contributed by atoms with Gasteiger partial charge in [0.15, 0.2) is 16.3 Å². The molecular formula is C35H34N2O5S. The Bertz CT molecular complexity index is 1840. The molecule has 3 aromatic carbocycles. The summed E-state index contributed by atoms with van der Waals surface area (Å²) in [5.74, 6) is 0.758. The number of allylic oxidation sites excluding steroid dienone is 2. The van der Waals surface area contributed by atoms with Crippen molar-refractivity contribution < 1.29 is 19.0 Å². The molecule has 43 heavy (non-hydrogen) atoms. The van der Waals surface area contributed by atoms with E-state index in [0.717, 1.165) is 22.3 Å². The topological polar surface area (TPSA) is 79.1 Å². The number of hydrogen-bond acceptors (Lipinski definition) is 7. The zero-order chi connectivity index (χ0) is 30.3. The minimum absolute atomic E-state index is 0.234. The molecule has 1 aromatic heterocycles. The normalized spacial score (nSPS) is 14.6. The van der Waals surface area contributed by atoms with Crippen molar-refractivity contribution in [3.63, 3.8) is 0 Å². The summed E-state index contributed by atoms with van der Waals surface area (Å²) in [4.78, 5) is 32.3. The van der Waals surface area contributed by atoms with Gasteiger partial charge in [0, 0.05) is 5.56 Å². The Morgan fingerprint density at radius 1 is 1.05 bits per heavy atom. The van der Waals surface area contributed by atoms with Gasteiger partial charge in [0.25, 0.3) is 5.56 Å². The Morgan fingerprint density at radius 3 is 2.42 bits per heavy atom. The fraction of sp³-hybridized carbons (Fsp3) is 0.229. The summed E-state index contributed by atoms with van der Waals surface area (Å²) in [5.41, 5.74) is 4.30. The van der Waals surface area contributed by atoms with Crippen molar-refractivity contribution in [2.24, 2.45) is 4.99 Å². The summed E-state index contributed by atoms with van der Waals surface area (Å²) in [6.07, 6.45) is 4.74. The lowest BCUT2D eigenvalue weighted by Crippen LogP contribution is -2.40. The van der Waals surface area contributed by atoms with Crippen molar-refractivity contribution in [1.82, 2.24) is 4.57 Å². The van der Waals surface area contributed by atoms with Gasteiger partial charge in [0.2, 0.25) is 0 Å². The first-order valence-corrected chi connectivity index (χ1v) is 15.1. The molecule has 0 saturated carbocycles. The van der Waals surface area contributed by atoms with Gasteiger partial charge >= 0.3 is 5.97 Å². The Kier molecular flexibility index (Phi) is 9.37. The van der Waals surface area contributed by atoms with E-state index in [1.165, 1.54) is 18.4 Å². The van der Waals surface area contributed by atoms with Crippen molar-refractivity contribution in [2.45, 2.75) is 39.3 Å². The van der Waals surface area contributed by atoms with E-state index in [1.807, 2.05) is 98.8 Å². The maximum atomic E-state index is 14.0. The second kappa shape index (κ2) is 13.5. The molecule has 0 aliphatic carbocycles. The molecule has 0 bridgehead atoms. The van der Waals surface area contributed by atoms with Gasteiger partial charge in [-0.25, -0.2) is 9.79 Å². The lowest BCUT2D eigenvalue weighted by molar-refractivity contribution is -0.136. The second-order valence-corrected chi connectivity index (χ2v) is 10.9. The smallest absolute Gasteiger partial charge is 0.338 e. The highest BCUT2D eigenvalue weighted by molar-refractivity contribution is 7.07. The van der Waals surface area contributed by atoms with Crippen LogP contribution in [0.5, 0.6) is 11.5 Å². The zero-order valence-corrected chi connectivity index (χ0v) is 25.4. The van der Waals surface area contributed by atoms with Crippen LogP contribution >= 0.6 is 11.3 Å². The van der Waals surface area contributed by atoms with Crippen molar-refractivity contribution in [3.8, 4) is 11.5 Å². The molecule has 0 N–H and O–H groups in total. The number of methoxy groups -OCH3 is 1. The van der Waals surface area contributed by atoms with Gasteiger partial charge in [-0.05, 0) is 54.7 Å². The molecule has 8 heteroatoms. The molecule has 4 aromatic rings. The third-order valence-electron chi connectivity index (χ3n) is 7.11. The predicted molar refractivity (Wildman–Crippen MR) is 169 cm³/mol. The average molecular weight is 595 g/mol. The number of carbonyl (C=O) groups excluding carboxylic acids is 1. The summed E-state index contributed by atoms with van der Waals surface area (Å²) in [5, 5.41) is 0. The van der Waals surface area contributed by atoms with Crippen LogP contribution in [0.2, 0.25) is 0 Å². The summed E-state index contributed by atoms with van der Waals surface area (Å²) in [6.45, 7) is 8.64. The number of aromatic nitrogens is 1. The molecule has 0 radical (unpaired) electrons. The van der Waals surface area contributed by atoms with E-state index in [-0.39, 0.29) is 5.56 Å². The average Bonchev–Trinajstić information content (AvgIpc) is 3.34. The molecule has 1 aliphatic heterocycles. The quantitative estimate of drug-likeness (QED) is 0.169. The standard InChI is InChI=1S/C35H34N2O5S/c1-5-14-26-19-24(20-28(41-7-3)32(26)42-22-23-15-10-8-11-16-23)21-29-33(38)37-31(25-17-12-9-13-18-25)30(34(39)40-4)27(6-2)36-35(37)43-29/h5,8-13,15-21,31H,1,6-7,14,22H2,2-4H3/b29-21-/t31-/m1/s1. The number of esters is 1. The van der Waals surface area contributed by atoms with E-state index in [1.54, 1.807) is 4.57 Å². The van der Waals surface area contributed by atoms with E-state index >= 15 is 0 Å². The molecule has 220 valence electrons. The first-order valence-electron chi connectivity index (χ1n) is 14.2. The maximum Gasteiger partial charge on any atom is 0.338 e. The van der Waals surface area contributed by atoms with Crippen LogP contribution in [-0.4, -0.2) is 24.3 Å². The van der Waals surface area contributed by atoms with Gasteiger partial charge in [0.05, 0.1) is 35.6 Å². The minimum Gasteiger partial charge on any atom is -0.490 e. The van der Waals surface area contributed by atoms with Crippen LogP contribution in [0, 0.1) is 0 Å². The monoisotopic (exact) mass is 594 g/mol. The molecule has 0 amide bonds. The molecule has 0 fully saturated rings. The Hall–Kier alpha value is -4.69. The first kappa shape index (κ1) is 29.8. The number of fused-ring (bicyclic) bond motifs is 1. The second-order valence-electron chi connectivity index (χ2n) is 9.91. The van der Waals surface area contributed by atoms with Gasteiger partial charge in [-0.1, -0.05) is 85.0 Å². The number of benzene rings is 3. The third kappa shape index (κ3) is 6.24. The summed E-state index contributed by atoms with van der Waals surface area (Å²) < 4.78 is 19.5. The maximum absolute atomic E-state index is 14.0. The van der Waals surface area contributed by atoms with Gasteiger partial charge in [-0.15, -0.1) is 6.58 Å². The number of thiazole rings is 1. The lowest BCUT2D eigenvalue weighted by Gasteiger charge is -2.25. The van der Waals surface area contributed by atoms with Gasteiger partial charge in [0.1, 0.15) is 6.61 Å². The Labute approximate surface area is 254 Å². The molecule has 2 heterocycles. The van der Waals surface area contributed by atoms with Crippen molar-refractivity contribution >= 4 is 23.4 Å². The van der Waals surface area contributed by atoms with E-state index < -0.39 is 12.0 Å². The number of ether oxygens (including phenoxy) is 3. The highest BCUT2D eigenvalue weighted by Crippen LogP contribution is 2.35. The van der Waals surface area contributed by atoms with Crippen molar-refractivity contribution in [3.05, 3.63) is 139 Å². The van der Waals surface area contributed by atoms with Crippen LogP contribution < -0.4 is 24.4 Å². The third-order valence-corrected chi connectivity index (χ3v) is 8.09. The van der Waals surface area contributed by atoms with Crippen molar-refractivity contribution in [1.29, 1.82) is 0 Å². The molecule has 1 aliphatic rings. The fourth-order valence-electron chi connectivity index (χ4n) is 5.20.